The third-order valence-corrected chi connectivity index (χ3v) is 1.76. The topological polar surface area (TPSA) is 12.0 Å². The lowest BCUT2D eigenvalue weighted by atomic mass is 10.1. The predicted octanol–water partition coefficient (Wildman–Crippen LogP) is 2.64. The van der Waals surface area contributed by atoms with Crippen molar-refractivity contribution in [2.75, 3.05) is 0 Å². The van der Waals surface area contributed by atoms with Gasteiger partial charge in [-0.25, -0.2) is 4.39 Å². The van der Waals surface area contributed by atoms with Gasteiger partial charge in [0.1, 0.15) is 5.83 Å². The Bertz CT molecular complexity index is 236. The van der Waals surface area contributed by atoms with E-state index < -0.39 is 0 Å². The molecule has 0 unspecified atom stereocenters. The average Bonchev–Trinajstić information content (AvgIpc) is 2.05. The summed E-state index contributed by atoms with van der Waals surface area (Å²) in [7, 11) is 0. The van der Waals surface area contributed by atoms with E-state index in [2.05, 4.69) is 12.2 Å². The van der Waals surface area contributed by atoms with Crippen LogP contribution in [-0.4, -0.2) is 0 Å². The fraction of sp³-hybridized carbons (Fsp3) is 0.333. The first-order chi connectivity index (χ1) is 5.24. The van der Waals surface area contributed by atoms with Crippen molar-refractivity contribution in [3.63, 3.8) is 0 Å². The highest BCUT2D eigenvalue weighted by molar-refractivity contribution is 5.32. The Hall–Kier alpha value is -1.05. The number of nitrogens with one attached hydrogen (secondary N) is 1. The van der Waals surface area contributed by atoms with Gasteiger partial charge in [0.2, 0.25) is 0 Å². The molecule has 1 aliphatic rings. The minimum Gasteiger partial charge on any atom is -0.359 e. The van der Waals surface area contributed by atoms with Crippen LogP contribution in [0.3, 0.4) is 0 Å². The van der Waals surface area contributed by atoms with Crippen LogP contribution in [0.4, 0.5) is 4.39 Å². The summed E-state index contributed by atoms with van der Waals surface area (Å²) in [5.41, 5.74) is 2.25. The third kappa shape index (κ3) is 1.93. The molecule has 0 radical (unpaired) electrons. The van der Waals surface area contributed by atoms with Crippen molar-refractivity contribution >= 4 is 0 Å². The van der Waals surface area contributed by atoms with Crippen molar-refractivity contribution in [1.82, 2.24) is 5.32 Å². The number of hydrogen-bond donors (Lipinski definition) is 1. The maximum Gasteiger partial charge on any atom is 0.139 e. The number of hydrogen-bond acceptors (Lipinski definition) is 1. The largest absolute Gasteiger partial charge is 0.359 e. The minimum absolute atomic E-state index is 0.224. The Balaban J connectivity index is 2.76. The van der Waals surface area contributed by atoms with Gasteiger partial charge in [-0.05, 0) is 25.5 Å². The Morgan fingerprint density at radius 3 is 2.73 bits per heavy atom. The van der Waals surface area contributed by atoms with E-state index in [1.165, 1.54) is 17.8 Å². The van der Waals surface area contributed by atoms with Crippen LogP contribution in [0, 0.1) is 0 Å². The smallest absolute Gasteiger partial charge is 0.139 e. The molecular formula is C9H12FN. The molecule has 2 heteroatoms. The monoisotopic (exact) mass is 153 g/mol. The van der Waals surface area contributed by atoms with Gasteiger partial charge in [-0.2, -0.15) is 0 Å². The molecule has 60 valence electrons. The SMILES string of the molecule is CC/C(C)=C1\C=CC(F)=CN1. The summed E-state index contributed by atoms with van der Waals surface area (Å²) in [6, 6.07) is 0. The second kappa shape index (κ2) is 3.37. The van der Waals surface area contributed by atoms with Gasteiger partial charge in [0, 0.05) is 11.9 Å². The zero-order valence-electron chi connectivity index (χ0n) is 6.82. The molecule has 0 saturated heterocycles. The molecule has 0 aromatic carbocycles. The quantitative estimate of drug-likeness (QED) is 0.610. The lowest BCUT2D eigenvalue weighted by Gasteiger charge is -2.09. The van der Waals surface area contributed by atoms with Crippen LogP contribution in [0.15, 0.2) is 35.4 Å². The van der Waals surface area contributed by atoms with Gasteiger partial charge in [0.05, 0.1) is 0 Å². The van der Waals surface area contributed by atoms with E-state index in [0.717, 1.165) is 12.1 Å². The van der Waals surface area contributed by atoms with E-state index >= 15 is 0 Å². The summed E-state index contributed by atoms with van der Waals surface area (Å²) in [6.45, 7) is 4.11. The molecule has 1 nitrogen and oxygen atoms in total. The third-order valence-electron chi connectivity index (χ3n) is 1.76. The van der Waals surface area contributed by atoms with Gasteiger partial charge in [-0.3, -0.25) is 0 Å². The normalized spacial score (nSPS) is 20.8. The van der Waals surface area contributed by atoms with Crippen molar-refractivity contribution in [2.45, 2.75) is 20.3 Å². The molecule has 0 spiro atoms. The summed E-state index contributed by atoms with van der Waals surface area (Å²) < 4.78 is 12.4. The first-order valence-electron chi connectivity index (χ1n) is 3.74. The number of dihydropyridines is 1. The summed E-state index contributed by atoms with van der Waals surface area (Å²) in [4.78, 5) is 0. The summed E-state index contributed by atoms with van der Waals surface area (Å²) in [5, 5.41) is 2.88. The molecule has 1 N–H and O–H groups in total. The van der Waals surface area contributed by atoms with E-state index in [1.54, 1.807) is 6.08 Å². The Morgan fingerprint density at radius 1 is 1.55 bits per heavy atom. The summed E-state index contributed by atoms with van der Waals surface area (Å²) in [6.07, 6.45) is 5.58. The van der Waals surface area contributed by atoms with Gasteiger partial charge in [-0.1, -0.05) is 12.5 Å². The second-order valence-electron chi connectivity index (χ2n) is 2.55. The molecule has 0 aromatic heterocycles. The van der Waals surface area contributed by atoms with Crippen molar-refractivity contribution in [3.05, 3.63) is 35.4 Å². The van der Waals surface area contributed by atoms with E-state index in [4.69, 9.17) is 0 Å². The standard InChI is InChI=1S/C9H12FN/c1-3-7(2)9-5-4-8(10)6-11-9/h4-6,11H,3H2,1-2H3/b9-7+. The fourth-order valence-corrected chi connectivity index (χ4v) is 0.862. The molecule has 0 bridgehead atoms. The van der Waals surface area contributed by atoms with Gasteiger partial charge in [0.15, 0.2) is 0 Å². The number of allylic oxidation sites excluding steroid dienone is 4. The molecule has 1 aliphatic heterocycles. The highest BCUT2D eigenvalue weighted by atomic mass is 19.1. The lowest BCUT2D eigenvalue weighted by Crippen LogP contribution is -2.08. The highest BCUT2D eigenvalue weighted by Gasteiger charge is 2.00. The Kier molecular flexibility index (Phi) is 2.47. The van der Waals surface area contributed by atoms with Crippen LogP contribution in [0.1, 0.15) is 20.3 Å². The summed E-state index contributed by atoms with van der Waals surface area (Å²) >= 11 is 0. The zero-order valence-corrected chi connectivity index (χ0v) is 6.82. The van der Waals surface area contributed by atoms with Gasteiger partial charge in [-0.15, -0.1) is 0 Å². The first kappa shape index (κ1) is 8.05. The molecule has 11 heavy (non-hydrogen) atoms. The Morgan fingerprint density at radius 2 is 2.27 bits per heavy atom. The lowest BCUT2D eigenvalue weighted by molar-refractivity contribution is 0.652. The second-order valence-corrected chi connectivity index (χ2v) is 2.55. The van der Waals surface area contributed by atoms with Crippen LogP contribution in [0.2, 0.25) is 0 Å². The van der Waals surface area contributed by atoms with E-state index in [9.17, 15) is 4.39 Å². The van der Waals surface area contributed by atoms with E-state index in [1.807, 2.05) is 6.92 Å². The van der Waals surface area contributed by atoms with E-state index in [-0.39, 0.29) is 5.83 Å². The Labute approximate surface area is 66.3 Å². The predicted molar refractivity (Wildman–Crippen MR) is 44.5 cm³/mol. The van der Waals surface area contributed by atoms with Gasteiger partial charge < -0.3 is 5.32 Å². The molecule has 0 saturated carbocycles. The van der Waals surface area contributed by atoms with Crippen molar-refractivity contribution < 1.29 is 4.39 Å². The molecule has 1 heterocycles. The van der Waals surface area contributed by atoms with Crippen LogP contribution in [0.25, 0.3) is 0 Å². The molecule has 0 fully saturated rings. The highest BCUT2D eigenvalue weighted by Crippen LogP contribution is 2.12. The minimum atomic E-state index is -0.224. The number of halogens is 1. The van der Waals surface area contributed by atoms with Crippen molar-refractivity contribution in [1.29, 1.82) is 0 Å². The van der Waals surface area contributed by atoms with E-state index in [0.29, 0.717) is 0 Å². The molecular weight excluding hydrogens is 141 g/mol. The first-order valence-corrected chi connectivity index (χ1v) is 3.74. The molecule has 0 aromatic rings. The fourth-order valence-electron chi connectivity index (χ4n) is 0.862. The van der Waals surface area contributed by atoms with Crippen LogP contribution >= 0.6 is 0 Å². The zero-order chi connectivity index (χ0) is 8.27. The van der Waals surface area contributed by atoms with Gasteiger partial charge >= 0.3 is 0 Å². The van der Waals surface area contributed by atoms with Crippen molar-refractivity contribution in [2.24, 2.45) is 0 Å². The maximum atomic E-state index is 12.4. The van der Waals surface area contributed by atoms with Crippen molar-refractivity contribution in [3.8, 4) is 0 Å². The average molecular weight is 153 g/mol. The number of rotatable bonds is 1. The molecule has 1 rings (SSSR count). The molecule has 0 atom stereocenters. The summed E-state index contributed by atoms with van der Waals surface area (Å²) in [5.74, 6) is -0.224. The molecule has 0 amide bonds. The molecule has 0 aliphatic carbocycles. The van der Waals surface area contributed by atoms with Crippen LogP contribution in [0.5, 0.6) is 0 Å². The van der Waals surface area contributed by atoms with Crippen LogP contribution in [-0.2, 0) is 0 Å². The van der Waals surface area contributed by atoms with Crippen LogP contribution < -0.4 is 5.32 Å². The maximum absolute atomic E-state index is 12.4. The van der Waals surface area contributed by atoms with Gasteiger partial charge in [0.25, 0.3) is 0 Å².